The van der Waals surface area contributed by atoms with E-state index >= 15 is 0 Å². The number of sulfone groups is 1. The Morgan fingerprint density at radius 3 is 2.50 bits per heavy atom. The fourth-order valence-corrected chi connectivity index (χ4v) is 6.13. The second-order valence-electron chi connectivity index (χ2n) is 7.05. The summed E-state index contributed by atoms with van der Waals surface area (Å²) in [6, 6.07) is 13.5. The molecule has 0 aliphatic carbocycles. The SMILES string of the molecule is CCOc1ccc(N2C(=O)N(Cc3cccc(Cl)c3)[C@@H]3CS(=O)(=O)C[C@@H]32)cc1. The number of carbonyl (C=O) groups is 1. The molecule has 2 aliphatic rings. The molecule has 2 aromatic carbocycles. The predicted molar refractivity (Wildman–Crippen MR) is 109 cm³/mol. The van der Waals surface area contributed by atoms with Crippen molar-refractivity contribution in [3.05, 3.63) is 59.1 Å². The lowest BCUT2D eigenvalue weighted by Gasteiger charge is -2.23. The maximum Gasteiger partial charge on any atom is 0.325 e. The van der Waals surface area contributed by atoms with Gasteiger partial charge < -0.3 is 9.64 Å². The maximum atomic E-state index is 13.2. The van der Waals surface area contributed by atoms with Gasteiger partial charge in [0.2, 0.25) is 0 Å². The Morgan fingerprint density at radius 2 is 1.82 bits per heavy atom. The molecule has 2 heterocycles. The summed E-state index contributed by atoms with van der Waals surface area (Å²) >= 11 is 6.07. The number of amides is 2. The molecule has 2 fully saturated rings. The summed E-state index contributed by atoms with van der Waals surface area (Å²) in [4.78, 5) is 16.5. The second kappa shape index (κ2) is 7.29. The van der Waals surface area contributed by atoms with Gasteiger partial charge in [0.1, 0.15) is 5.75 Å². The molecule has 2 amide bonds. The number of hydrogen-bond acceptors (Lipinski definition) is 4. The van der Waals surface area contributed by atoms with Crippen molar-refractivity contribution in [3.63, 3.8) is 0 Å². The van der Waals surface area contributed by atoms with Gasteiger partial charge in [0.25, 0.3) is 0 Å². The zero-order valence-corrected chi connectivity index (χ0v) is 17.0. The summed E-state index contributed by atoms with van der Waals surface area (Å²) in [5, 5.41) is 0.586. The Hall–Kier alpha value is -2.25. The molecule has 28 heavy (non-hydrogen) atoms. The first kappa shape index (κ1) is 19.1. The molecule has 0 bridgehead atoms. The summed E-state index contributed by atoms with van der Waals surface area (Å²) in [5.41, 5.74) is 1.55. The number of carbonyl (C=O) groups excluding carboxylic acids is 1. The van der Waals surface area contributed by atoms with E-state index in [-0.39, 0.29) is 23.6 Å². The Kier molecular flexibility index (Phi) is 4.97. The maximum absolute atomic E-state index is 13.2. The van der Waals surface area contributed by atoms with E-state index in [4.69, 9.17) is 16.3 Å². The molecule has 0 saturated carbocycles. The highest BCUT2D eigenvalue weighted by Crippen LogP contribution is 2.36. The van der Waals surface area contributed by atoms with Gasteiger partial charge in [-0.1, -0.05) is 23.7 Å². The summed E-state index contributed by atoms with van der Waals surface area (Å²) in [5.74, 6) is 0.671. The number of nitrogens with zero attached hydrogens (tertiary/aromatic N) is 2. The molecule has 8 heteroatoms. The number of benzene rings is 2. The lowest BCUT2D eigenvalue weighted by molar-refractivity contribution is 0.206. The van der Waals surface area contributed by atoms with Gasteiger partial charge >= 0.3 is 6.03 Å². The second-order valence-corrected chi connectivity index (χ2v) is 9.64. The van der Waals surface area contributed by atoms with Gasteiger partial charge in [-0.05, 0) is 48.9 Å². The third kappa shape index (κ3) is 3.56. The van der Waals surface area contributed by atoms with Crippen molar-refractivity contribution >= 4 is 33.2 Å². The van der Waals surface area contributed by atoms with Crippen LogP contribution in [0.1, 0.15) is 12.5 Å². The highest BCUT2D eigenvalue weighted by atomic mass is 35.5. The van der Waals surface area contributed by atoms with Crippen molar-refractivity contribution in [2.75, 3.05) is 23.0 Å². The first-order valence-electron chi connectivity index (χ1n) is 9.15. The number of anilines is 1. The molecule has 0 N–H and O–H groups in total. The van der Waals surface area contributed by atoms with Crippen LogP contribution in [0.4, 0.5) is 10.5 Å². The van der Waals surface area contributed by atoms with E-state index in [2.05, 4.69) is 0 Å². The van der Waals surface area contributed by atoms with Crippen LogP contribution in [0.5, 0.6) is 5.75 Å². The largest absolute Gasteiger partial charge is 0.494 e. The van der Waals surface area contributed by atoms with Gasteiger partial charge in [-0.15, -0.1) is 0 Å². The molecule has 6 nitrogen and oxygen atoms in total. The Morgan fingerprint density at radius 1 is 1.11 bits per heavy atom. The quantitative estimate of drug-likeness (QED) is 0.696. The summed E-state index contributed by atoms with van der Waals surface area (Å²) in [6.07, 6.45) is 0. The highest BCUT2D eigenvalue weighted by Gasteiger charge is 2.53. The van der Waals surface area contributed by atoms with E-state index in [0.29, 0.717) is 29.6 Å². The molecule has 2 atom stereocenters. The van der Waals surface area contributed by atoms with Crippen LogP contribution in [-0.4, -0.2) is 49.5 Å². The number of halogens is 1. The lowest BCUT2D eigenvalue weighted by atomic mass is 10.1. The molecule has 0 aromatic heterocycles. The van der Waals surface area contributed by atoms with Gasteiger partial charge in [0.15, 0.2) is 9.84 Å². The zero-order chi connectivity index (χ0) is 19.9. The molecule has 148 valence electrons. The van der Waals surface area contributed by atoms with Gasteiger partial charge in [0, 0.05) is 17.3 Å². The average Bonchev–Trinajstić information content (AvgIpc) is 3.07. The van der Waals surface area contributed by atoms with E-state index in [1.54, 1.807) is 46.2 Å². The van der Waals surface area contributed by atoms with Crippen molar-refractivity contribution in [1.82, 2.24) is 4.90 Å². The molecular formula is C20H21ClN2O4S. The van der Waals surface area contributed by atoms with Crippen LogP contribution in [-0.2, 0) is 16.4 Å². The van der Waals surface area contributed by atoms with Crippen LogP contribution in [0, 0.1) is 0 Å². The average molecular weight is 421 g/mol. The van der Waals surface area contributed by atoms with Crippen LogP contribution < -0.4 is 9.64 Å². The van der Waals surface area contributed by atoms with Gasteiger partial charge in [0.05, 0.1) is 30.2 Å². The number of ether oxygens (including phenoxy) is 1. The molecule has 2 saturated heterocycles. The molecule has 2 aliphatic heterocycles. The van der Waals surface area contributed by atoms with Crippen molar-refractivity contribution in [2.45, 2.75) is 25.6 Å². The first-order valence-corrected chi connectivity index (χ1v) is 11.4. The summed E-state index contributed by atoms with van der Waals surface area (Å²) in [6.45, 7) is 2.78. The zero-order valence-electron chi connectivity index (χ0n) is 15.4. The van der Waals surface area contributed by atoms with Gasteiger partial charge in [-0.3, -0.25) is 4.90 Å². The molecule has 0 radical (unpaired) electrons. The molecule has 0 spiro atoms. The number of urea groups is 1. The molecule has 4 rings (SSSR count). The van der Waals surface area contributed by atoms with Crippen molar-refractivity contribution in [2.24, 2.45) is 0 Å². The first-order chi connectivity index (χ1) is 13.4. The smallest absolute Gasteiger partial charge is 0.325 e. The highest BCUT2D eigenvalue weighted by molar-refractivity contribution is 7.91. The third-order valence-corrected chi connectivity index (χ3v) is 7.08. The molecular weight excluding hydrogens is 400 g/mol. The molecule has 0 unspecified atom stereocenters. The van der Waals surface area contributed by atoms with E-state index in [1.807, 2.05) is 19.1 Å². The monoisotopic (exact) mass is 420 g/mol. The Balaban J connectivity index is 1.66. The van der Waals surface area contributed by atoms with Crippen LogP contribution in [0.2, 0.25) is 5.02 Å². The topological polar surface area (TPSA) is 66.9 Å². The van der Waals surface area contributed by atoms with Gasteiger partial charge in [-0.25, -0.2) is 13.2 Å². The van der Waals surface area contributed by atoms with Crippen LogP contribution in [0.25, 0.3) is 0 Å². The Bertz CT molecular complexity index is 994. The third-order valence-electron chi connectivity index (χ3n) is 5.15. The summed E-state index contributed by atoms with van der Waals surface area (Å²) in [7, 11) is -3.21. The van der Waals surface area contributed by atoms with E-state index in [1.165, 1.54) is 0 Å². The van der Waals surface area contributed by atoms with Crippen molar-refractivity contribution in [3.8, 4) is 5.75 Å². The van der Waals surface area contributed by atoms with Crippen LogP contribution >= 0.6 is 11.6 Å². The van der Waals surface area contributed by atoms with Crippen molar-refractivity contribution in [1.29, 1.82) is 0 Å². The minimum absolute atomic E-state index is 0.0164. The minimum Gasteiger partial charge on any atom is -0.494 e. The van der Waals surface area contributed by atoms with E-state index in [9.17, 15) is 13.2 Å². The fraction of sp³-hybridized carbons (Fsp3) is 0.350. The van der Waals surface area contributed by atoms with Gasteiger partial charge in [-0.2, -0.15) is 0 Å². The number of fused-ring (bicyclic) bond motifs is 1. The standard InChI is InChI=1S/C20H21ClN2O4S/c1-2-27-17-8-6-16(7-9-17)23-19-13-28(25,26)12-18(19)22(20(23)24)11-14-4-3-5-15(21)10-14/h3-10,18-19H,2,11-13H2,1H3/t18-,19+/m1/s1. The van der Waals surface area contributed by atoms with Crippen LogP contribution in [0.15, 0.2) is 48.5 Å². The Labute approximate surface area is 169 Å². The molecule has 2 aromatic rings. The predicted octanol–water partition coefficient (Wildman–Crippen LogP) is 3.35. The van der Waals surface area contributed by atoms with E-state index in [0.717, 1.165) is 5.56 Å². The minimum atomic E-state index is -3.21. The normalized spacial score (nSPS) is 23.1. The lowest BCUT2D eigenvalue weighted by Crippen LogP contribution is -2.37. The van der Waals surface area contributed by atoms with Crippen LogP contribution in [0.3, 0.4) is 0 Å². The van der Waals surface area contributed by atoms with E-state index < -0.39 is 15.9 Å². The number of rotatable bonds is 5. The fourth-order valence-electron chi connectivity index (χ4n) is 3.97. The number of hydrogen-bond donors (Lipinski definition) is 0. The summed E-state index contributed by atoms with van der Waals surface area (Å²) < 4.78 is 30.1. The van der Waals surface area contributed by atoms with Crippen molar-refractivity contribution < 1.29 is 17.9 Å².